The van der Waals surface area contributed by atoms with E-state index in [4.69, 9.17) is 4.74 Å². The number of piperazine rings is 1. The molecule has 7 nitrogen and oxygen atoms in total. The molecule has 7 heteroatoms. The lowest BCUT2D eigenvalue weighted by Crippen LogP contribution is -2.55. The van der Waals surface area contributed by atoms with Gasteiger partial charge in [-0.25, -0.2) is 0 Å². The molecule has 2 rings (SSSR count). The van der Waals surface area contributed by atoms with Gasteiger partial charge in [-0.2, -0.15) is 0 Å². The van der Waals surface area contributed by atoms with Gasteiger partial charge in [-0.15, -0.1) is 0 Å². The fourth-order valence-corrected chi connectivity index (χ4v) is 3.20. The summed E-state index contributed by atoms with van der Waals surface area (Å²) in [7, 11) is 1.60. The molecule has 0 bridgehead atoms. The summed E-state index contributed by atoms with van der Waals surface area (Å²) in [5, 5.41) is 0. The van der Waals surface area contributed by atoms with Crippen LogP contribution >= 0.6 is 0 Å². The Kier molecular flexibility index (Phi) is 6.38. The minimum Gasteiger partial charge on any atom is -0.383 e. The van der Waals surface area contributed by atoms with Crippen molar-refractivity contribution in [2.75, 3.05) is 53.0 Å². The van der Waals surface area contributed by atoms with Crippen molar-refractivity contribution in [3.05, 3.63) is 0 Å². The zero-order chi connectivity index (χ0) is 16.8. The van der Waals surface area contributed by atoms with Crippen molar-refractivity contribution in [1.29, 1.82) is 0 Å². The summed E-state index contributed by atoms with van der Waals surface area (Å²) in [6.07, 6.45) is 1.90. The zero-order valence-corrected chi connectivity index (χ0v) is 14.1. The maximum Gasteiger partial charge on any atom is 0.242 e. The molecule has 2 aliphatic rings. The molecule has 2 saturated heterocycles. The second kappa shape index (κ2) is 8.29. The van der Waals surface area contributed by atoms with Gasteiger partial charge >= 0.3 is 0 Å². The van der Waals surface area contributed by atoms with Gasteiger partial charge in [-0.05, 0) is 12.8 Å². The number of rotatable bonds is 6. The molecule has 130 valence electrons. The van der Waals surface area contributed by atoms with Crippen LogP contribution in [-0.2, 0) is 19.1 Å². The number of nitrogens with zero attached hydrogens (tertiary/aromatic N) is 3. The fourth-order valence-electron chi connectivity index (χ4n) is 3.20. The molecule has 0 N–H and O–H groups in total. The molecule has 1 atom stereocenters. The average Bonchev–Trinajstić information content (AvgIpc) is 2.55. The van der Waals surface area contributed by atoms with E-state index in [0.29, 0.717) is 45.6 Å². The van der Waals surface area contributed by atoms with Crippen LogP contribution in [0.4, 0.5) is 0 Å². The van der Waals surface area contributed by atoms with Gasteiger partial charge in [0.25, 0.3) is 0 Å². The predicted molar refractivity (Wildman–Crippen MR) is 84.6 cm³/mol. The SMILES string of the molecule is CCCN1CCN(C(=O)[C@H]2CCC(=O)N(CCOC)C2)CC1=O. The molecule has 0 aromatic heterocycles. The number of ether oxygens (including phenoxy) is 1. The molecular formula is C16H27N3O4. The van der Waals surface area contributed by atoms with E-state index in [1.165, 1.54) is 0 Å². The summed E-state index contributed by atoms with van der Waals surface area (Å²) >= 11 is 0. The van der Waals surface area contributed by atoms with Crippen molar-refractivity contribution in [2.45, 2.75) is 26.2 Å². The number of hydrogen-bond donors (Lipinski definition) is 0. The number of methoxy groups -OCH3 is 1. The Labute approximate surface area is 137 Å². The van der Waals surface area contributed by atoms with Crippen molar-refractivity contribution >= 4 is 17.7 Å². The van der Waals surface area contributed by atoms with Crippen LogP contribution in [-0.4, -0.2) is 85.4 Å². The molecule has 0 spiro atoms. The lowest BCUT2D eigenvalue weighted by Gasteiger charge is -2.38. The molecule has 0 aliphatic carbocycles. The minimum atomic E-state index is -0.199. The summed E-state index contributed by atoms with van der Waals surface area (Å²) in [6, 6.07) is 0. The Bertz CT molecular complexity index is 455. The molecule has 0 aromatic carbocycles. The van der Waals surface area contributed by atoms with Gasteiger partial charge in [-0.1, -0.05) is 6.92 Å². The molecule has 0 aromatic rings. The highest BCUT2D eigenvalue weighted by atomic mass is 16.5. The van der Waals surface area contributed by atoms with Crippen LogP contribution in [0.25, 0.3) is 0 Å². The Balaban J connectivity index is 1.90. The van der Waals surface area contributed by atoms with Crippen molar-refractivity contribution in [2.24, 2.45) is 5.92 Å². The van der Waals surface area contributed by atoms with Crippen LogP contribution in [0.5, 0.6) is 0 Å². The monoisotopic (exact) mass is 325 g/mol. The van der Waals surface area contributed by atoms with Crippen LogP contribution < -0.4 is 0 Å². The number of likely N-dealkylation sites (tertiary alicyclic amines) is 1. The van der Waals surface area contributed by atoms with Gasteiger partial charge in [0.05, 0.1) is 19.1 Å². The molecule has 23 heavy (non-hydrogen) atoms. The van der Waals surface area contributed by atoms with Crippen molar-refractivity contribution in [3.63, 3.8) is 0 Å². The van der Waals surface area contributed by atoms with Crippen molar-refractivity contribution in [1.82, 2.24) is 14.7 Å². The molecular weight excluding hydrogens is 298 g/mol. The predicted octanol–water partition coefficient (Wildman–Crippen LogP) is -0.0478. The van der Waals surface area contributed by atoms with Crippen LogP contribution in [0, 0.1) is 5.92 Å². The summed E-state index contributed by atoms with van der Waals surface area (Å²) in [5.41, 5.74) is 0. The Hall–Kier alpha value is -1.63. The smallest absolute Gasteiger partial charge is 0.242 e. The van der Waals surface area contributed by atoms with E-state index in [1.807, 2.05) is 11.8 Å². The first-order valence-electron chi connectivity index (χ1n) is 8.40. The van der Waals surface area contributed by atoms with E-state index in [9.17, 15) is 14.4 Å². The van der Waals surface area contributed by atoms with Crippen LogP contribution in [0.15, 0.2) is 0 Å². The van der Waals surface area contributed by atoms with E-state index in [0.717, 1.165) is 13.0 Å². The first kappa shape index (κ1) is 17.7. The number of carbonyl (C=O) groups is 3. The lowest BCUT2D eigenvalue weighted by molar-refractivity contribution is -0.150. The Morgan fingerprint density at radius 1 is 1.17 bits per heavy atom. The van der Waals surface area contributed by atoms with E-state index in [-0.39, 0.29) is 30.2 Å². The quantitative estimate of drug-likeness (QED) is 0.687. The number of amides is 3. The average molecular weight is 325 g/mol. The highest BCUT2D eigenvalue weighted by Gasteiger charge is 2.35. The Morgan fingerprint density at radius 2 is 1.96 bits per heavy atom. The van der Waals surface area contributed by atoms with E-state index in [2.05, 4.69) is 0 Å². The maximum atomic E-state index is 12.7. The van der Waals surface area contributed by atoms with Crippen molar-refractivity contribution in [3.8, 4) is 0 Å². The van der Waals surface area contributed by atoms with Crippen LogP contribution in [0.3, 0.4) is 0 Å². The third-order valence-electron chi connectivity index (χ3n) is 4.54. The summed E-state index contributed by atoms with van der Waals surface area (Å²) in [6.45, 7) is 5.58. The van der Waals surface area contributed by atoms with Gasteiger partial charge in [0, 0.05) is 46.3 Å². The standard InChI is InChI=1S/C16H27N3O4/c1-3-6-17-7-8-19(12-15(17)21)16(22)13-4-5-14(20)18(11-13)9-10-23-2/h13H,3-12H2,1-2H3/t13-/m0/s1. The zero-order valence-electron chi connectivity index (χ0n) is 14.1. The van der Waals surface area contributed by atoms with Gasteiger partial charge in [0.2, 0.25) is 17.7 Å². The normalized spacial score (nSPS) is 22.7. The largest absolute Gasteiger partial charge is 0.383 e. The number of carbonyl (C=O) groups excluding carboxylic acids is 3. The number of piperidine rings is 1. The molecule has 2 fully saturated rings. The van der Waals surface area contributed by atoms with Crippen molar-refractivity contribution < 1.29 is 19.1 Å². The van der Waals surface area contributed by atoms with Crippen LogP contribution in [0.1, 0.15) is 26.2 Å². The van der Waals surface area contributed by atoms with Gasteiger partial charge < -0.3 is 19.4 Å². The Morgan fingerprint density at radius 3 is 2.61 bits per heavy atom. The summed E-state index contributed by atoms with van der Waals surface area (Å²) < 4.78 is 5.01. The highest BCUT2D eigenvalue weighted by Crippen LogP contribution is 2.20. The number of hydrogen-bond acceptors (Lipinski definition) is 4. The second-order valence-corrected chi connectivity index (χ2v) is 6.21. The van der Waals surface area contributed by atoms with Gasteiger partial charge in [-0.3, -0.25) is 14.4 Å². The minimum absolute atomic E-state index is 0.00409. The maximum absolute atomic E-state index is 12.7. The third-order valence-corrected chi connectivity index (χ3v) is 4.54. The summed E-state index contributed by atoms with van der Waals surface area (Å²) in [4.78, 5) is 41.8. The van der Waals surface area contributed by atoms with E-state index >= 15 is 0 Å². The molecule has 0 saturated carbocycles. The third kappa shape index (κ3) is 4.43. The second-order valence-electron chi connectivity index (χ2n) is 6.21. The fraction of sp³-hybridized carbons (Fsp3) is 0.812. The van der Waals surface area contributed by atoms with Gasteiger partial charge in [0.15, 0.2) is 0 Å². The topological polar surface area (TPSA) is 70.2 Å². The molecule has 3 amide bonds. The first-order valence-corrected chi connectivity index (χ1v) is 8.40. The lowest BCUT2D eigenvalue weighted by atomic mass is 9.95. The molecule has 0 radical (unpaired) electrons. The molecule has 2 aliphatic heterocycles. The molecule has 0 unspecified atom stereocenters. The highest BCUT2D eigenvalue weighted by molar-refractivity contribution is 5.88. The molecule has 2 heterocycles. The van der Waals surface area contributed by atoms with Crippen LogP contribution in [0.2, 0.25) is 0 Å². The van der Waals surface area contributed by atoms with E-state index in [1.54, 1.807) is 16.9 Å². The first-order chi connectivity index (χ1) is 11.1. The van der Waals surface area contributed by atoms with E-state index < -0.39 is 0 Å². The summed E-state index contributed by atoms with van der Waals surface area (Å²) in [5.74, 6) is -0.0935. The van der Waals surface area contributed by atoms with Gasteiger partial charge in [0.1, 0.15) is 0 Å².